The molecule has 1 saturated carbocycles. The van der Waals surface area contributed by atoms with Gasteiger partial charge in [0.1, 0.15) is 0 Å². The highest BCUT2D eigenvalue weighted by atomic mass is 16.4. The van der Waals surface area contributed by atoms with E-state index < -0.39 is 11.5 Å². The minimum Gasteiger partial charge on any atom is -0.481 e. The van der Waals surface area contributed by atoms with E-state index in [2.05, 4.69) is 21.5 Å². The number of aliphatic hydroxyl groups is 1. The fraction of sp³-hybridized carbons (Fsp3) is 0.429. The van der Waals surface area contributed by atoms with Crippen LogP contribution in [0.1, 0.15) is 18.9 Å². The third kappa shape index (κ3) is 2.48. The van der Waals surface area contributed by atoms with Gasteiger partial charge in [0.25, 0.3) is 5.56 Å². The SMILES string of the molecule is C=C1[C@H](CO)[C@H](CC(=O)O)C[C@@H]1n1cnc2c(=O)[nH]c(N)nc21. The van der Waals surface area contributed by atoms with Gasteiger partial charge in [0.15, 0.2) is 11.2 Å². The Morgan fingerprint density at radius 3 is 2.96 bits per heavy atom. The maximum Gasteiger partial charge on any atom is 0.303 e. The summed E-state index contributed by atoms with van der Waals surface area (Å²) in [6.07, 6.45) is 1.90. The summed E-state index contributed by atoms with van der Waals surface area (Å²) in [4.78, 5) is 33.4. The number of imidazole rings is 1. The number of carboxylic acid groups (broad SMARTS) is 1. The largest absolute Gasteiger partial charge is 0.481 e. The Labute approximate surface area is 130 Å². The number of nitrogens with two attached hydrogens (primary N) is 1. The Morgan fingerprint density at radius 1 is 1.57 bits per heavy atom. The highest BCUT2D eigenvalue weighted by molar-refractivity contribution is 5.71. The minimum absolute atomic E-state index is 0.0198. The number of hydrogen-bond acceptors (Lipinski definition) is 6. The lowest BCUT2D eigenvalue weighted by Gasteiger charge is -2.16. The zero-order valence-electron chi connectivity index (χ0n) is 12.3. The Bertz CT molecular complexity index is 839. The van der Waals surface area contributed by atoms with Gasteiger partial charge in [-0.15, -0.1) is 0 Å². The van der Waals surface area contributed by atoms with E-state index in [4.69, 9.17) is 10.8 Å². The molecule has 0 spiro atoms. The molecule has 3 atom stereocenters. The van der Waals surface area contributed by atoms with Gasteiger partial charge in [0.2, 0.25) is 5.95 Å². The Balaban J connectivity index is 2.03. The highest BCUT2D eigenvalue weighted by Crippen LogP contribution is 2.45. The Hall–Kier alpha value is -2.68. The third-order valence-electron chi connectivity index (χ3n) is 4.42. The predicted molar refractivity (Wildman–Crippen MR) is 81.7 cm³/mol. The lowest BCUT2D eigenvalue weighted by molar-refractivity contribution is -0.138. The van der Waals surface area contributed by atoms with Crippen LogP contribution in [0.3, 0.4) is 0 Å². The van der Waals surface area contributed by atoms with Gasteiger partial charge in [0, 0.05) is 18.9 Å². The monoisotopic (exact) mass is 319 g/mol. The molecule has 0 aliphatic heterocycles. The summed E-state index contributed by atoms with van der Waals surface area (Å²) in [5, 5.41) is 18.6. The third-order valence-corrected chi connectivity index (χ3v) is 4.42. The van der Waals surface area contributed by atoms with Crippen molar-refractivity contribution in [3.63, 3.8) is 0 Å². The second-order valence-corrected chi connectivity index (χ2v) is 5.75. The summed E-state index contributed by atoms with van der Waals surface area (Å²) >= 11 is 0. The van der Waals surface area contributed by atoms with E-state index in [0.717, 1.165) is 0 Å². The number of nitrogens with one attached hydrogen (secondary N) is 1. The van der Waals surface area contributed by atoms with Crippen LogP contribution in [0.5, 0.6) is 0 Å². The number of aliphatic hydroxyl groups excluding tert-OH is 1. The molecular formula is C14H17N5O4. The molecule has 0 aromatic carbocycles. The maximum absolute atomic E-state index is 11.8. The van der Waals surface area contributed by atoms with E-state index in [0.29, 0.717) is 17.6 Å². The van der Waals surface area contributed by atoms with Crippen molar-refractivity contribution in [2.24, 2.45) is 11.8 Å². The van der Waals surface area contributed by atoms with Crippen LogP contribution >= 0.6 is 0 Å². The van der Waals surface area contributed by atoms with E-state index in [1.54, 1.807) is 4.57 Å². The number of H-pyrrole nitrogens is 1. The molecular weight excluding hydrogens is 302 g/mol. The number of aromatic amines is 1. The molecule has 1 aliphatic rings. The van der Waals surface area contributed by atoms with Crippen molar-refractivity contribution >= 4 is 23.1 Å². The molecule has 2 heterocycles. The molecule has 2 aromatic heterocycles. The molecule has 9 nitrogen and oxygen atoms in total. The molecule has 1 fully saturated rings. The zero-order valence-corrected chi connectivity index (χ0v) is 12.3. The van der Waals surface area contributed by atoms with Gasteiger partial charge in [-0.1, -0.05) is 6.58 Å². The summed E-state index contributed by atoms with van der Waals surface area (Å²) in [6, 6.07) is -0.282. The number of carbonyl (C=O) groups is 1. The second-order valence-electron chi connectivity index (χ2n) is 5.75. The van der Waals surface area contributed by atoms with Crippen LogP contribution in [-0.4, -0.2) is 42.3 Å². The standard InChI is InChI=1S/C14H17N5O4/c1-6-8(4-20)7(3-10(21)22)2-9(6)19-5-16-11-12(19)17-14(15)18-13(11)23/h5,7-9,20H,1-4H2,(H,21,22)(H3,15,17,18,23)/t7-,8-,9-/m0/s1. The van der Waals surface area contributed by atoms with Crippen molar-refractivity contribution < 1.29 is 15.0 Å². The number of aliphatic carboxylic acids is 1. The van der Waals surface area contributed by atoms with Gasteiger partial charge in [-0.05, 0) is 17.9 Å². The van der Waals surface area contributed by atoms with E-state index in [9.17, 15) is 14.7 Å². The van der Waals surface area contributed by atoms with Gasteiger partial charge in [-0.2, -0.15) is 4.98 Å². The first-order valence-corrected chi connectivity index (χ1v) is 7.16. The first-order chi connectivity index (χ1) is 10.9. The van der Waals surface area contributed by atoms with E-state index in [1.807, 2.05) is 0 Å². The minimum atomic E-state index is -0.920. The summed E-state index contributed by atoms with van der Waals surface area (Å²) < 4.78 is 1.67. The highest BCUT2D eigenvalue weighted by Gasteiger charge is 2.39. The van der Waals surface area contributed by atoms with Crippen LogP contribution in [0.15, 0.2) is 23.3 Å². The van der Waals surface area contributed by atoms with Crippen LogP contribution in [0.2, 0.25) is 0 Å². The Morgan fingerprint density at radius 2 is 2.30 bits per heavy atom. The number of fused-ring (bicyclic) bond motifs is 1. The van der Waals surface area contributed by atoms with Crippen LogP contribution in [-0.2, 0) is 4.79 Å². The van der Waals surface area contributed by atoms with Crippen molar-refractivity contribution in [2.75, 3.05) is 12.3 Å². The van der Waals surface area contributed by atoms with Crippen LogP contribution < -0.4 is 11.3 Å². The molecule has 23 heavy (non-hydrogen) atoms. The van der Waals surface area contributed by atoms with Gasteiger partial charge < -0.3 is 20.5 Å². The summed E-state index contributed by atoms with van der Waals surface area (Å²) in [6.45, 7) is 3.84. The summed E-state index contributed by atoms with van der Waals surface area (Å²) in [5.74, 6) is -1.48. The molecule has 0 unspecified atom stereocenters. The van der Waals surface area contributed by atoms with Crippen molar-refractivity contribution in [3.8, 4) is 0 Å². The number of rotatable bonds is 4. The fourth-order valence-corrected chi connectivity index (χ4v) is 3.33. The smallest absolute Gasteiger partial charge is 0.303 e. The molecule has 2 aromatic rings. The second kappa shape index (κ2) is 5.51. The van der Waals surface area contributed by atoms with Crippen LogP contribution in [0, 0.1) is 11.8 Å². The predicted octanol–water partition coefficient (Wildman–Crippen LogP) is -0.0978. The first-order valence-electron chi connectivity index (χ1n) is 7.16. The van der Waals surface area contributed by atoms with Gasteiger partial charge in [-0.3, -0.25) is 14.6 Å². The molecule has 5 N–H and O–H groups in total. The average molecular weight is 319 g/mol. The molecule has 122 valence electrons. The van der Waals surface area contributed by atoms with E-state index in [-0.39, 0.29) is 42.4 Å². The molecule has 0 saturated heterocycles. The number of nitrogen functional groups attached to an aromatic ring is 1. The van der Waals surface area contributed by atoms with Gasteiger partial charge >= 0.3 is 5.97 Å². The number of anilines is 1. The average Bonchev–Trinajstić information content (AvgIpc) is 2.99. The van der Waals surface area contributed by atoms with Crippen molar-refractivity contribution in [3.05, 3.63) is 28.8 Å². The molecule has 0 amide bonds. The number of hydrogen-bond donors (Lipinski definition) is 4. The number of carboxylic acids is 1. The van der Waals surface area contributed by atoms with E-state index >= 15 is 0 Å². The lowest BCUT2D eigenvalue weighted by atomic mass is 9.92. The molecule has 9 heteroatoms. The molecule has 0 bridgehead atoms. The van der Waals surface area contributed by atoms with Crippen molar-refractivity contribution in [1.29, 1.82) is 0 Å². The summed E-state index contributed by atoms with van der Waals surface area (Å²) in [7, 11) is 0. The van der Waals surface area contributed by atoms with Gasteiger partial charge in [-0.25, -0.2) is 4.98 Å². The summed E-state index contributed by atoms with van der Waals surface area (Å²) in [5.41, 5.74) is 6.34. The lowest BCUT2D eigenvalue weighted by Crippen LogP contribution is -2.16. The quantitative estimate of drug-likeness (QED) is 0.575. The van der Waals surface area contributed by atoms with Gasteiger partial charge in [0.05, 0.1) is 12.4 Å². The normalized spacial score (nSPS) is 24.4. The molecule has 3 rings (SSSR count). The maximum atomic E-state index is 11.8. The van der Waals surface area contributed by atoms with Crippen LogP contribution in [0.4, 0.5) is 5.95 Å². The van der Waals surface area contributed by atoms with E-state index in [1.165, 1.54) is 6.33 Å². The Kier molecular flexibility index (Phi) is 3.64. The zero-order chi connectivity index (χ0) is 16.7. The fourth-order valence-electron chi connectivity index (χ4n) is 3.33. The van der Waals surface area contributed by atoms with Crippen molar-refractivity contribution in [2.45, 2.75) is 18.9 Å². The molecule has 1 aliphatic carbocycles. The molecule has 0 radical (unpaired) electrons. The number of aromatic nitrogens is 4. The van der Waals surface area contributed by atoms with Crippen LogP contribution in [0.25, 0.3) is 11.2 Å². The first kappa shape index (κ1) is 15.2. The topological polar surface area (TPSA) is 147 Å². The number of nitrogens with zero attached hydrogens (tertiary/aromatic N) is 3. The van der Waals surface area contributed by atoms with Crippen molar-refractivity contribution in [1.82, 2.24) is 19.5 Å².